The van der Waals surface area contributed by atoms with Gasteiger partial charge in [-0.25, -0.2) is 9.18 Å². The number of nitro groups is 1. The van der Waals surface area contributed by atoms with Crippen LogP contribution in [0.5, 0.6) is 0 Å². The van der Waals surface area contributed by atoms with Crippen LogP contribution in [0.25, 0.3) is 0 Å². The molecule has 3 unspecified atom stereocenters. The highest BCUT2D eigenvalue weighted by Gasteiger charge is 2.55. The number of carbonyl (C=O) groups excluding carboxylic acids is 3. The highest BCUT2D eigenvalue weighted by molar-refractivity contribution is 8.00. The summed E-state index contributed by atoms with van der Waals surface area (Å²) < 4.78 is 35.4. The normalized spacial score (nSPS) is 18.5. The number of alkyl halides is 1. The lowest BCUT2D eigenvalue weighted by molar-refractivity contribution is -0.384. The van der Waals surface area contributed by atoms with Crippen molar-refractivity contribution in [3.63, 3.8) is 0 Å². The Morgan fingerprint density at radius 2 is 1.65 bits per heavy atom. The maximum atomic E-state index is 16.2. The van der Waals surface area contributed by atoms with E-state index in [4.69, 9.17) is 4.74 Å². The molecule has 1 N–H and O–H groups in total. The first-order valence-electron chi connectivity index (χ1n) is 14.8. The third-order valence-electron chi connectivity index (χ3n) is 7.84. The molecule has 6 rings (SSSR count). The molecule has 14 heteroatoms. The summed E-state index contributed by atoms with van der Waals surface area (Å²) in [6, 6.07) is 25.7. The number of rotatable bonds is 12. The summed E-state index contributed by atoms with van der Waals surface area (Å²) in [4.78, 5) is 53.1. The molecule has 1 saturated heterocycles. The fourth-order valence-electron chi connectivity index (χ4n) is 5.46. The van der Waals surface area contributed by atoms with Gasteiger partial charge in [0.05, 0.1) is 11.3 Å². The van der Waals surface area contributed by atoms with Gasteiger partial charge >= 0.3 is 5.97 Å². The molecule has 3 heterocycles. The summed E-state index contributed by atoms with van der Waals surface area (Å²) in [7, 11) is 0. The molecule has 2 amide bonds. The van der Waals surface area contributed by atoms with Gasteiger partial charge in [0.1, 0.15) is 22.9 Å². The molecule has 0 spiro atoms. The molecular weight excluding hydrogens is 678 g/mol. The molecule has 2 aliphatic heterocycles. The van der Waals surface area contributed by atoms with Crippen LogP contribution >= 0.6 is 23.1 Å². The van der Waals surface area contributed by atoms with Crippen molar-refractivity contribution in [2.24, 2.45) is 0 Å². The van der Waals surface area contributed by atoms with Crippen molar-refractivity contribution in [2.75, 3.05) is 11.5 Å². The van der Waals surface area contributed by atoms with E-state index in [9.17, 15) is 29.1 Å². The lowest BCUT2D eigenvalue weighted by Gasteiger charge is -2.50. The van der Waals surface area contributed by atoms with Crippen LogP contribution in [0.3, 0.4) is 0 Å². The van der Waals surface area contributed by atoms with Gasteiger partial charge in [-0.05, 0) is 45.9 Å². The Kier molecular flexibility index (Phi) is 10.2. The third-order valence-corrected chi connectivity index (χ3v) is 11.4. The van der Waals surface area contributed by atoms with Gasteiger partial charge < -0.3 is 14.6 Å². The second kappa shape index (κ2) is 14.7. The van der Waals surface area contributed by atoms with Crippen LogP contribution in [-0.4, -0.2) is 61.3 Å². The van der Waals surface area contributed by atoms with Gasteiger partial charge in [-0.1, -0.05) is 66.7 Å². The van der Waals surface area contributed by atoms with E-state index in [1.54, 1.807) is 48.5 Å². The maximum absolute atomic E-state index is 16.2. The Labute approximate surface area is 286 Å². The SMILES string of the molecule is O=C(Cc1cccs1)NC1C(=O)N2C(C(=O)OC(c3ccccc3)c3ccccc3)=C(C(F)C[S+]([O-])c3ccc([N+](=O)[O-])cc3)CS[C@H]12. The zero-order valence-corrected chi connectivity index (χ0v) is 27.6. The lowest BCUT2D eigenvalue weighted by atomic mass is 9.99. The largest absolute Gasteiger partial charge is 0.611 e. The Morgan fingerprint density at radius 1 is 1.00 bits per heavy atom. The third kappa shape index (κ3) is 7.16. The first-order chi connectivity index (χ1) is 23.2. The standard InChI is InChI=1S/C34H28FN3O7S3/c35-27(20-48(44)25-15-13-23(14-16-25)38(42)43)26-19-47-33-29(36-28(39)18-24-12-7-17-46-24)32(40)37(33)30(26)34(41)45-31(21-8-3-1-4-9-21)22-10-5-2-6-11-22/h1-17,27,29,31,33H,18-20H2,(H,36,39)/t27?,29?,33-,48?/m1/s1. The molecule has 2 aliphatic rings. The molecule has 0 bridgehead atoms. The van der Waals surface area contributed by atoms with Gasteiger partial charge in [-0.3, -0.25) is 24.6 Å². The average molecular weight is 706 g/mol. The van der Waals surface area contributed by atoms with Crippen molar-refractivity contribution in [1.82, 2.24) is 10.2 Å². The van der Waals surface area contributed by atoms with Crippen LogP contribution in [0.2, 0.25) is 0 Å². The van der Waals surface area contributed by atoms with Crippen LogP contribution in [-0.2, 0) is 36.7 Å². The first kappa shape index (κ1) is 33.4. The molecule has 0 saturated carbocycles. The number of amides is 2. The molecule has 1 fully saturated rings. The quantitative estimate of drug-likeness (QED) is 0.0686. The lowest BCUT2D eigenvalue weighted by Crippen LogP contribution is -2.71. The van der Waals surface area contributed by atoms with E-state index in [0.717, 1.165) is 9.78 Å². The van der Waals surface area contributed by atoms with E-state index in [-0.39, 0.29) is 39.9 Å². The number of esters is 1. The van der Waals surface area contributed by atoms with Gasteiger partial charge in [0.2, 0.25) is 5.91 Å². The van der Waals surface area contributed by atoms with Crippen LogP contribution in [0.1, 0.15) is 22.1 Å². The van der Waals surface area contributed by atoms with E-state index < -0.39 is 57.4 Å². The minimum atomic E-state index is -1.93. The summed E-state index contributed by atoms with van der Waals surface area (Å²) >= 11 is 0.672. The zero-order chi connectivity index (χ0) is 33.8. The number of thiophene rings is 1. The molecule has 0 radical (unpaired) electrons. The maximum Gasteiger partial charge on any atom is 0.356 e. The fourth-order valence-corrected chi connectivity index (χ4v) is 8.67. The molecule has 10 nitrogen and oxygen atoms in total. The second-order valence-corrected chi connectivity index (χ2v) is 14.6. The second-order valence-electron chi connectivity index (χ2n) is 10.9. The van der Waals surface area contributed by atoms with Gasteiger partial charge in [-0.15, -0.1) is 23.1 Å². The van der Waals surface area contributed by atoms with E-state index in [2.05, 4.69) is 5.32 Å². The minimum absolute atomic E-state index is 0.0316. The van der Waals surface area contributed by atoms with Crippen molar-refractivity contribution in [3.8, 4) is 0 Å². The summed E-state index contributed by atoms with van der Waals surface area (Å²) in [5.41, 5.74) is 0.775. The Morgan fingerprint density at radius 3 is 2.23 bits per heavy atom. The van der Waals surface area contributed by atoms with E-state index in [1.165, 1.54) is 47.4 Å². The van der Waals surface area contributed by atoms with Crippen molar-refractivity contribution < 1.29 is 33.0 Å². The molecule has 1 aromatic heterocycles. The summed E-state index contributed by atoms with van der Waals surface area (Å²) in [6.45, 7) is 0. The molecule has 4 aromatic rings. The monoisotopic (exact) mass is 705 g/mol. The number of fused-ring (bicyclic) bond motifs is 1. The molecular formula is C34H28FN3O7S3. The van der Waals surface area contributed by atoms with Crippen molar-refractivity contribution >= 4 is 57.7 Å². The van der Waals surface area contributed by atoms with Gasteiger partial charge in [0, 0.05) is 28.3 Å². The first-order valence-corrected chi connectivity index (χ1v) is 18.0. The molecule has 246 valence electrons. The Hall–Kier alpha value is -4.50. The van der Waals surface area contributed by atoms with Crippen LogP contribution in [0, 0.1) is 10.1 Å². The number of non-ortho nitro benzene ring substituents is 1. The van der Waals surface area contributed by atoms with Crippen molar-refractivity contribution in [1.29, 1.82) is 0 Å². The van der Waals surface area contributed by atoms with Crippen LogP contribution < -0.4 is 5.32 Å². The number of nitrogens with zero attached hydrogens (tertiary/aromatic N) is 2. The van der Waals surface area contributed by atoms with E-state index in [1.807, 2.05) is 29.6 Å². The van der Waals surface area contributed by atoms with Crippen molar-refractivity contribution in [3.05, 3.63) is 140 Å². The number of halogens is 1. The molecule has 4 atom stereocenters. The topological polar surface area (TPSA) is 142 Å². The Bertz CT molecular complexity index is 1790. The predicted molar refractivity (Wildman–Crippen MR) is 180 cm³/mol. The molecule has 3 aromatic carbocycles. The number of benzene rings is 3. The fraction of sp³-hybridized carbons (Fsp3) is 0.206. The summed E-state index contributed by atoms with van der Waals surface area (Å²) in [5.74, 6) is -2.47. The number of thioether (sulfide) groups is 1. The molecule has 48 heavy (non-hydrogen) atoms. The minimum Gasteiger partial charge on any atom is -0.611 e. The number of nitro benzene ring substituents is 1. The highest BCUT2D eigenvalue weighted by Crippen LogP contribution is 2.43. The smallest absolute Gasteiger partial charge is 0.356 e. The van der Waals surface area contributed by atoms with Gasteiger partial charge in [0.25, 0.3) is 11.6 Å². The van der Waals surface area contributed by atoms with Crippen molar-refractivity contribution in [2.45, 2.75) is 35.0 Å². The number of β-lactam (4-membered cyclic amide) rings is 1. The van der Waals surface area contributed by atoms with E-state index in [0.29, 0.717) is 11.1 Å². The average Bonchev–Trinajstić information content (AvgIpc) is 3.62. The molecule has 0 aliphatic carbocycles. The zero-order valence-electron chi connectivity index (χ0n) is 25.1. The van der Waals surface area contributed by atoms with Crippen LogP contribution in [0.15, 0.2) is 119 Å². The number of hydrogen-bond donors (Lipinski definition) is 1. The number of hydrogen-bond acceptors (Lipinski definition) is 9. The predicted octanol–water partition coefficient (Wildman–Crippen LogP) is 5.33. The number of carbonyl (C=O) groups is 3. The summed E-state index contributed by atoms with van der Waals surface area (Å²) in [6.07, 6.45) is -2.72. The van der Waals surface area contributed by atoms with Crippen LogP contribution in [0.4, 0.5) is 10.1 Å². The van der Waals surface area contributed by atoms with Gasteiger partial charge in [0.15, 0.2) is 17.2 Å². The Balaban J connectivity index is 1.29. The highest BCUT2D eigenvalue weighted by atomic mass is 32.2. The van der Waals surface area contributed by atoms with E-state index >= 15 is 4.39 Å². The summed E-state index contributed by atoms with van der Waals surface area (Å²) in [5, 5.41) is 14.9. The number of nitrogens with one attached hydrogen (secondary N) is 1. The van der Waals surface area contributed by atoms with Gasteiger partial charge in [-0.2, -0.15) is 0 Å². The number of ether oxygens (including phenoxy) is 1.